The molecular formula is C36H41N7O4S. The first kappa shape index (κ1) is 33.1. The summed E-state index contributed by atoms with van der Waals surface area (Å²) in [6.45, 7) is 7.51. The third-order valence-corrected chi connectivity index (χ3v) is 9.59. The number of amides is 3. The number of unbranched alkanes of at least 4 members (excludes halogenated alkanes) is 2. The number of carbonyl (C=O) groups is 3. The number of benzene rings is 2. The summed E-state index contributed by atoms with van der Waals surface area (Å²) in [6, 6.07) is 14.3. The third kappa shape index (κ3) is 6.76. The van der Waals surface area contributed by atoms with Gasteiger partial charge in [0.15, 0.2) is 10.7 Å². The van der Waals surface area contributed by atoms with E-state index in [0.29, 0.717) is 53.8 Å². The largest absolute Gasteiger partial charge is 0.394 e. The monoisotopic (exact) mass is 667 g/mol. The van der Waals surface area contributed by atoms with Gasteiger partial charge in [0.2, 0.25) is 0 Å². The fraction of sp³-hybridized carbons (Fsp3) is 0.361. The Morgan fingerprint density at radius 2 is 1.77 bits per heavy atom. The second kappa shape index (κ2) is 14.5. The Bertz CT molecular complexity index is 1910. The van der Waals surface area contributed by atoms with Crippen molar-refractivity contribution in [1.29, 1.82) is 0 Å². The molecule has 2 aromatic carbocycles. The van der Waals surface area contributed by atoms with E-state index in [-0.39, 0.29) is 29.7 Å². The molecule has 1 aliphatic heterocycles. The molecule has 3 amide bonds. The van der Waals surface area contributed by atoms with Crippen LogP contribution in [-0.4, -0.2) is 77.5 Å². The van der Waals surface area contributed by atoms with Crippen LogP contribution in [0, 0.1) is 6.92 Å². The van der Waals surface area contributed by atoms with Crippen LogP contribution in [0.4, 0.5) is 5.69 Å². The van der Waals surface area contributed by atoms with E-state index in [1.165, 1.54) is 11.3 Å². The molecule has 250 valence electrons. The standard InChI is InChI=1S/C36H41N7O4S/c1-4-6-14-40(15-7-5-2)35(47)30-18-24(3)43(39-30)32-13-12-27(37-33(45)31-22-41-16-17-48-36(41)38-31)20-29(32)34(46)42-21-26-11-9-8-10-25(26)19-28(42)23-44/h8-13,16-18,20,22,28,44H,4-7,14-15,19,21,23H2,1-3H3,(H,37,45). The molecule has 0 saturated carbocycles. The van der Waals surface area contributed by atoms with Crippen LogP contribution in [0.1, 0.15) is 87.7 Å². The van der Waals surface area contributed by atoms with E-state index in [1.54, 1.807) is 44.4 Å². The molecule has 1 aliphatic rings. The van der Waals surface area contributed by atoms with Crippen molar-refractivity contribution in [2.45, 2.75) is 65.5 Å². The normalized spacial score (nSPS) is 14.2. The first-order valence-electron chi connectivity index (χ1n) is 16.5. The number of fused-ring (bicyclic) bond motifs is 2. The number of nitrogens with one attached hydrogen (secondary N) is 1. The van der Waals surface area contributed by atoms with Crippen LogP contribution >= 0.6 is 11.3 Å². The zero-order valence-corrected chi connectivity index (χ0v) is 28.4. The van der Waals surface area contributed by atoms with E-state index < -0.39 is 11.9 Å². The number of aromatic nitrogens is 4. The van der Waals surface area contributed by atoms with Crippen LogP contribution in [0.3, 0.4) is 0 Å². The highest BCUT2D eigenvalue weighted by molar-refractivity contribution is 7.15. The molecule has 0 spiro atoms. The molecule has 0 fully saturated rings. The van der Waals surface area contributed by atoms with Gasteiger partial charge in [0, 0.05) is 48.8 Å². The molecule has 1 unspecified atom stereocenters. The van der Waals surface area contributed by atoms with Crippen molar-refractivity contribution in [3.8, 4) is 5.69 Å². The Morgan fingerprint density at radius 3 is 2.48 bits per heavy atom. The van der Waals surface area contributed by atoms with E-state index in [9.17, 15) is 19.5 Å². The number of aliphatic hydroxyl groups is 1. The number of aliphatic hydroxyl groups excluding tert-OH is 1. The Hall–Kier alpha value is -4.81. The van der Waals surface area contributed by atoms with Crippen molar-refractivity contribution in [3.05, 3.63) is 100 Å². The van der Waals surface area contributed by atoms with E-state index in [2.05, 4.69) is 24.1 Å². The van der Waals surface area contributed by atoms with Crippen LogP contribution in [0.2, 0.25) is 0 Å². The number of carbonyl (C=O) groups excluding carboxylic acids is 3. The molecule has 2 N–H and O–H groups in total. The van der Waals surface area contributed by atoms with Gasteiger partial charge in [-0.25, -0.2) is 9.67 Å². The van der Waals surface area contributed by atoms with Crippen molar-refractivity contribution < 1.29 is 19.5 Å². The minimum absolute atomic E-state index is 0.136. The minimum Gasteiger partial charge on any atom is -0.394 e. The van der Waals surface area contributed by atoms with Gasteiger partial charge in [-0.2, -0.15) is 5.10 Å². The summed E-state index contributed by atoms with van der Waals surface area (Å²) in [4.78, 5) is 50.1. The summed E-state index contributed by atoms with van der Waals surface area (Å²) in [7, 11) is 0. The molecule has 0 radical (unpaired) electrons. The van der Waals surface area contributed by atoms with Crippen LogP contribution in [0.15, 0.2) is 66.3 Å². The highest BCUT2D eigenvalue weighted by Crippen LogP contribution is 2.29. The summed E-state index contributed by atoms with van der Waals surface area (Å²) in [5.74, 6) is -0.851. The Kier molecular flexibility index (Phi) is 10.0. The predicted octanol–water partition coefficient (Wildman–Crippen LogP) is 5.74. The molecule has 6 rings (SSSR count). The Morgan fingerprint density at radius 1 is 1.02 bits per heavy atom. The number of imidazole rings is 1. The molecule has 0 saturated heterocycles. The van der Waals surface area contributed by atoms with Crippen molar-refractivity contribution in [1.82, 2.24) is 29.0 Å². The summed E-state index contributed by atoms with van der Waals surface area (Å²) in [5, 5.41) is 19.9. The van der Waals surface area contributed by atoms with E-state index in [0.717, 1.165) is 36.8 Å². The van der Waals surface area contributed by atoms with Gasteiger partial charge in [0.05, 0.1) is 23.9 Å². The van der Waals surface area contributed by atoms with Crippen LogP contribution in [0.25, 0.3) is 10.6 Å². The van der Waals surface area contributed by atoms with Crippen molar-refractivity contribution >= 4 is 39.7 Å². The molecule has 0 bridgehead atoms. The van der Waals surface area contributed by atoms with Gasteiger partial charge in [-0.3, -0.25) is 18.8 Å². The van der Waals surface area contributed by atoms with Gasteiger partial charge in [0.25, 0.3) is 17.7 Å². The predicted molar refractivity (Wildman–Crippen MR) is 186 cm³/mol. The second-order valence-electron chi connectivity index (χ2n) is 12.2. The number of aryl methyl sites for hydroxylation is 1. The van der Waals surface area contributed by atoms with E-state index in [1.807, 2.05) is 47.7 Å². The van der Waals surface area contributed by atoms with Gasteiger partial charge in [-0.05, 0) is 61.6 Å². The van der Waals surface area contributed by atoms with E-state index in [4.69, 9.17) is 5.10 Å². The number of nitrogens with zero attached hydrogens (tertiary/aromatic N) is 6. The van der Waals surface area contributed by atoms with Crippen LogP contribution in [0.5, 0.6) is 0 Å². The average molecular weight is 668 g/mol. The first-order chi connectivity index (χ1) is 23.3. The maximum atomic E-state index is 14.5. The Balaban J connectivity index is 1.37. The number of thiazole rings is 1. The fourth-order valence-electron chi connectivity index (χ4n) is 6.14. The Labute approximate surface area is 283 Å². The summed E-state index contributed by atoms with van der Waals surface area (Å²) < 4.78 is 3.41. The smallest absolute Gasteiger partial charge is 0.275 e. The van der Waals surface area contributed by atoms with Gasteiger partial charge in [-0.15, -0.1) is 11.3 Å². The third-order valence-electron chi connectivity index (χ3n) is 8.82. The maximum absolute atomic E-state index is 14.5. The highest BCUT2D eigenvalue weighted by Gasteiger charge is 2.32. The van der Waals surface area contributed by atoms with Crippen molar-refractivity contribution in [2.24, 2.45) is 0 Å². The second-order valence-corrected chi connectivity index (χ2v) is 13.1. The van der Waals surface area contributed by atoms with Crippen molar-refractivity contribution in [3.63, 3.8) is 0 Å². The summed E-state index contributed by atoms with van der Waals surface area (Å²) >= 11 is 1.43. The lowest BCUT2D eigenvalue weighted by atomic mass is 9.93. The lowest BCUT2D eigenvalue weighted by Crippen LogP contribution is -2.46. The van der Waals surface area contributed by atoms with Crippen molar-refractivity contribution in [2.75, 3.05) is 25.0 Å². The highest BCUT2D eigenvalue weighted by atomic mass is 32.1. The number of anilines is 1. The minimum atomic E-state index is -0.432. The molecular weight excluding hydrogens is 627 g/mol. The van der Waals surface area contributed by atoms with Gasteiger partial charge in [-0.1, -0.05) is 51.0 Å². The molecule has 4 heterocycles. The molecule has 3 aromatic heterocycles. The van der Waals surface area contributed by atoms with Crippen LogP contribution < -0.4 is 5.32 Å². The fourth-order valence-corrected chi connectivity index (χ4v) is 6.84. The molecule has 48 heavy (non-hydrogen) atoms. The number of hydrogen-bond acceptors (Lipinski definition) is 7. The molecule has 11 nitrogen and oxygen atoms in total. The zero-order valence-electron chi connectivity index (χ0n) is 27.6. The number of hydrogen-bond donors (Lipinski definition) is 2. The molecule has 12 heteroatoms. The lowest BCUT2D eigenvalue weighted by molar-refractivity contribution is 0.0544. The molecule has 0 aliphatic carbocycles. The van der Waals surface area contributed by atoms with Gasteiger partial charge >= 0.3 is 0 Å². The molecule has 5 aromatic rings. The summed E-state index contributed by atoms with van der Waals surface area (Å²) in [5.41, 5.74) is 4.55. The van der Waals surface area contributed by atoms with Crippen LogP contribution in [-0.2, 0) is 13.0 Å². The van der Waals surface area contributed by atoms with Gasteiger partial charge in [0.1, 0.15) is 5.69 Å². The van der Waals surface area contributed by atoms with Gasteiger partial charge < -0.3 is 20.2 Å². The maximum Gasteiger partial charge on any atom is 0.275 e. The first-order valence-corrected chi connectivity index (χ1v) is 17.4. The SMILES string of the molecule is CCCCN(CCCC)C(=O)c1cc(C)n(-c2ccc(NC(=O)c3cn4ccsc4n3)cc2C(=O)N2Cc3ccccc3CC2CO)n1. The zero-order chi connectivity index (χ0) is 33.8. The average Bonchev–Trinajstić information content (AvgIpc) is 3.83. The van der Waals surface area contributed by atoms with E-state index >= 15 is 0 Å². The molecule has 1 atom stereocenters. The quantitative estimate of drug-likeness (QED) is 0.175. The summed E-state index contributed by atoms with van der Waals surface area (Å²) in [6.07, 6.45) is 7.79. The number of rotatable bonds is 12. The topological polar surface area (TPSA) is 125 Å². The lowest BCUT2D eigenvalue weighted by Gasteiger charge is -2.36.